The highest BCUT2D eigenvalue weighted by atomic mass is 16.1. The fourth-order valence-corrected chi connectivity index (χ4v) is 3.86. The maximum Gasteiger partial charge on any atom is 0.172 e. The first-order chi connectivity index (χ1) is 12.2. The Bertz CT molecular complexity index is 906. The van der Waals surface area contributed by atoms with E-state index >= 15 is 0 Å². The number of nitrogens with zero attached hydrogens (tertiary/aromatic N) is 3. The molecule has 0 amide bonds. The van der Waals surface area contributed by atoms with E-state index in [1.807, 2.05) is 43.3 Å². The Morgan fingerprint density at radius 2 is 1.92 bits per heavy atom. The Morgan fingerprint density at radius 3 is 2.76 bits per heavy atom. The van der Waals surface area contributed by atoms with Crippen LogP contribution in [-0.2, 0) is 6.42 Å². The second kappa shape index (κ2) is 6.79. The average Bonchev–Trinajstić information content (AvgIpc) is 3.04. The molecule has 1 aliphatic carbocycles. The molecule has 1 fully saturated rings. The lowest BCUT2D eigenvalue weighted by atomic mass is 9.95. The van der Waals surface area contributed by atoms with E-state index in [0.717, 1.165) is 27.9 Å². The van der Waals surface area contributed by atoms with Crippen LogP contribution in [0.2, 0.25) is 0 Å². The topological polar surface area (TPSA) is 47.8 Å². The molecule has 0 aliphatic heterocycles. The largest absolute Gasteiger partial charge is 0.294 e. The number of para-hydroxylation sites is 1. The molecule has 4 nitrogen and oxygen atoms in total. The Morgan fingerprint density at radius 1 is 1.12 bits per heavy atom. The fourth-order valence-electron chi connectivity index (χ4n) is 3.86. The van der Waals surface area contributed by atoms with Gasteiger partial charge in [0.2, 0.25) is 0 Å². The lowest BCUT2D eigenvalue weighted by Crippen LogP contribution is -2.16. The van der Waals surface area contributed by atoms with Crippen LogP contribution in [0.1, 0.15) is 59.9 Å². The molecule has 128 valence electrons. The van der Waals surface area contributed by atoms with Crippen LogP contribution >= 0.6 is 0 Å². The van der Waals surface area contributed by atoms with Gasteiger partial charge in [-0.15, -0.1) is 0 Å². The van der Waals surface area contributed by atoms with Gasteiger partial charge in [-0.25, -0.2) is 0 Å². The number of hydrogen-bond acceptors (Lipinski definition) is 3. The van der Waals surface area contributed by atoms with Crippen LogP contribution in [0, 0.1) is 6.92 Å². The standard InChI is InChI=1S/C21H23N3O/c1-15-19(14-22-24(15)18-8-3-2-4-9-18)21(25)13-17-12-11-16-7-5-6-10-20(16)23-17/h5-7,10-12,14,18H,2-4,8-9,13H2,1H3. The number of benzene rings is 1. The summed E-state index contributed by atoms with van der Waals surface area (Å²) in [5.74, 6) is 0.0994. The highest BCUT2D eigenvalue weighted by molar-refractivity contribution is 5.98. The zero-order valence-corrected chi connectivity index (χ0v) is 14.6. The SMILES string of the molecule is Cc1c(C(=O)Cc2ccc3ccccc3n2)cnn1C1CCCCC1. The number of pyridine rings is 1. The van der Waals surface area contributed by atoms with E-state index in [1.54, 1.807) is 6.20 Å². The van der Waals surface area contributed by atoms with Crippen LogP contribution in [0.4, 0.5) is 0 Å². The summed E-state index contributed by atoms with van der Waals surface area (Å²) in [6.07, 6.45) is 8.23. The van der Waals surface area contributed by atoms with E-state index in [-0.39, 0.29) is 5.78 Å². The summed E-state index contributed by atoms with van der Waals surface area (Å²) in [6.45, 7) is 2.02. The van der Waals surface area contributed by atoms with E-state index in [1.165, 1.54) is 32.1 Å². The summed E-state index contributed by atoms with van der Waals surface area (Å²) >= 11 is 0. The average molecular weight is 333 g/mol. The maximum atomic E-state index is 12.8. The van der Waals surface area contributed by atoms with Crippen molar-refractivity contribution in [2.75, 3.05) is 0 Å². The molecule has 0 unspecified atom stereocenters. The highest BCUT2D eigenvalue weighted by Crippen LogP contribution is 2.29. The monoisotopic (exact) mass is 333 g/mol. The molecule has 3 aromatic rings. The summed E-state index contributed by atoms with van der Waals surface area (Å²) in [4.78, 5) is 17.4. The number of carbonyl (C=O) groups excluding carboxylic acids is 1. The minimum absolute atomic E-state index is 0.0994. The van der Waals surface area contributed by atoms with Crippen molar-refractivity contribution in [2.45, 2.75) is 51.5 Å². The van der Waals surface area contributed by atoms with Crippen molar-refractivity contribution >= 4 is 16.7 Å². The van der Waals surface area contributed by atoms with Gasteiger partial charge in [0.1, 0.15) is 0 Å². The van der Waals surface area contributed by atoms with Crippen LogP contribution < -0.4 is 0 Å². The zero-order chi connectivity index (χ0) is 17.2. The molecule has 25 heavy (non-hydrogen) atoms. The molecule has 0 radical (unpaired) electrons. The molecule has 1 saturated carbocycles. The number of ketones is 1. The highest BCUT2D eigenvalue weighted by Gasteiger charge is 2.21. The number of hydrogen-bond donors (Lipinski definition) is 0. The Balaban J connectivity index is 1.55. The van der Waals surface area contributed by atoms with Crippen LogP contribution in [-0.4, -0.2) is 20.5 Å². The Labute approximate surface area is 147 Å². The van der Waals surface area contributed by atoms with E-state index in [4.69, 9.17) is 0 Å². The molecule has 0 bridgehead atoms. The van der Waals surface area contributed by atoms with Gasteiger partial charge in [0.05, 0.1) is 29.7 Å². The third kappa shape index (κ3) is 3.21. The third-order valence-electron chi connectivity index (χ3n) is 5.26. The summed E-state index contributed by atoms with van der Waals surface area (Å²) in [6, 6.07) is 12.4. The molecule has 0 spiro atoms. The van der Waals surface area contributed by atoms with Crippen LogP contribution in [0.3, 0.4) is 0 Å². The minimum Gasteiger partial charge on any atom is -0.294 e. The fraction of sp³-hybridized carbons (Fsp3) is 0.381. The van der Waals surface area contributed by atoms with E-state index in [0.29, 0.717) is 12.5 Å². The summed E-state index contributed by atoms with van der Waals surface area (Å²) in [5, 5.41) is 5.62. The van der Waals surface area contributed by atoms with Crippen molar-refractivity contribution in [1.82, 2.24) is 14.8 Å². The van der Waals surface area contributed by atoms with Crippen molar-refractivity contribution in [3.05, 3.63) is 59.5 Å². The Hall–Kier alpha value is -2.49. The molecule has 0 N–H and O–H groups in total. The first-order valence-electron chi connectivity index (χ1n) is 9.14. The smallest absolute Gasteiger partial charge is 0.172 e. The molecule has 0 atom stereocenters. The minimum atomic E-state index is 0.0994. The molecule has 0 saturated heterocycles. The van der Waals surface area contributed by atoms with Crippen molar-refractivity contribution in [1.29, 1.82) is 0 Å². The van der Waals surface area contributed by atoms with Crippen LogP contribution in [0.25, 0.3) is 10.9 Å². The van der Waals surface area contributed by atoms with Crippen molar-refractivity contribution in [3.8, 4) is 0 Å². The van der Waals surface area contributed by atoms with Crippen molar-refractivity contribution in [2.24, 2.45) is 0 Å². The van der Waals surface area contributed by atoms with Gasteiger partial charge in [0, 0.05) is 16.8 Å². The zero-order valence-electron chi connectivity index (χ0n) is 14.6. The van der Waals surface area contributed by atoms with Crippen molar-refractivity contribution < 1.29 is 4.79 Å². The molecule has 4 rings (SSSR count). The molecule has 2 heterocycles. The summed E-state index contributed by atoms with van der Waals surface area (Å²) < 4.78 is 2.07. The van der Waals surface area contributed by atoms with Crippen LogP contribution in [0.15, 0.2) is 42.6 Å². The normalized spacial score (nSPS) is 15.6. The second-order valence-electron chi connectivity index (χ2n) is 6.98. The maximum absolute atomic E-state index is 12.8. The number of fused-ring (bicyclic) bond motifs is 1. The third-order valence-corrected chi connectivity index (χ3v) is 5.26. The summed E-state index contributed by atoms with van der Waals surface area (Å²) in [5.41, 5.74) is 3.48. The van der Waals surface area contributed by atoms with E-state index < -0.39 is 0 Å². The first-order valence-corrected chi connectivity index (χ1v) is 9.14. The molecule has 1 aromatic carbocycles. The lowest BCUT2D eigenvalue weighted by molar-refractivity contribution is 0.0991. The van der Waals surface area contributed by atoms with E-state index in [2.05, 4.69) is 14.8 Å². The summed E-state index contributed by atoms with van der Waals surface area (Å²) in [7, 11) is 0. The van der Waals surface area contributed by atoms with Crippen molar-refractivity contribution in [3.63, 3.8) is 0 Å². The molecular weight excluding hydrogens is 310 g/mol. The predicted molar refractivity (Wildman–Crippen MR) is 98.9 cm³/mol. The first kappa shape index (κ1) is 16.0. The quantitative estimate of drug-likeness (QED) is 0.652. The Kier molecular flexibility index (Phi) is 4.35. The van der Waals surface area contributed by atoms with Gasteiger partial charge < -0.3 is 0 Å². The van der Waals surface area contributed by atoms with Gasteiger partial charge in [-0.1, -0.05) is 43.5 Å². The molecule has 2 aromatic heterocycles. The van der Waals surface area contributed by atoms with Gasteiger partial charge in [0.15, 0.2) is 5.78 Å². The van der Waals surface area contributed by atoms with Gasteiger partial charge in [-0.2, -0.15) is 5.10 Å². The number of carbonyl (C=O) groups is 1. The number of Topliss-reactive ketones (excluding diaryl/α,β-unsaturated/α-hetero) is 1. The van der Waals surface area contributed by atoms with E-state index in [9.17, 15) is 4.79 Å². The second-order valence-corrected chi connectivity index (χ2v) is 6.98. The lowest BCUT2D eigenvalue weighted by Gasteiger charge is -2.23. The van der Waals surface area contributed by atoms with Gasteiger partial charge >= 0.3 is 0 Å². The van der Waals surface area contributed by atoms with Gasteiger partial charge in [0.25, 0.3) is 0 Å². The number of rotatable bonds is 4. The molecule has 1 aliphatic rings. The van der Waals surface area contributed by atoms with Gasteiger partial charge in [-0.05, 0) is 31.9 Å². The number of aromatic nitrogens is 3. The molecular formula is C21H23N3O. The molecule has 4 heteroatoms. The van der Waals surface area contributed by atoms with Crippen LogP contribution in [0.5, 0.6) is 0 Å². The predicted octanol–water partition coefficient (Wildman–Crippen LogP) is 4.67. The van der Waals surface area contributed by atoms with Gasteiger partial charge in [-0.3, -0.25) is 14.5 Å².